The van der Waals surface area contributed by atoms with Gasteiger partial charge in [0.15, 0.2) is 0 Å². The van der Waals surface area contributed by atoms with Crippen LogP contribution in [0.2, 0.25) is 0 Å². The molecule has 0 saturated heterocycles. The van der Waals surface area contributed by atoms with Crippen molar-refractivity contribution in [3.63, 3.8) is 0 Å². The van der Waals surface area contributed by atoms with E-state index in [4.69, 9.17) is 5.73 Å². The van der Waals surface area contributed by atoms with Gasteiger partial charge in [-0.1, -0.05) is 75.2 Å². The summed E-state index contributed by atoms with van der Waals surface area (Å²) < 4.78 is 0. The third-order valence-electron chi connectivity index (χ3n) is 6.27. The second kappa shape index (κ2) is 11.4. The van der Waals surface area contributed by atoms with Gasteiger partial charge in [0.25, 0.3) is 0 Å². The number of unbranched alkanes of at least 4 members (excludes halogenated alkanes) is 1. The Kier molecular flexibility index (Phi) is 9.20. The lowest BCUT2D eigenvalue weighted by atomic mass is 9.87. The van der Waals surface area contributed by atoms with Gasteiger partial charge in [-0.15, -0.1) is 0 Å². The Morgan fingerprint density at radius 1 is 1.17 bits per heavy atom. The van der Waals surface area contributed by atoms with Gasteiger partial charge in [-0.3, -0.25) is 4.79 Å². The van der Waals surface area contributed by atoms with Gasteiger partial charge in [0.2, 0.25) is 0 Å². The number of aryl methyl sites for hydroxylation is 1. The molecule has 2 fully saturated rings. The summed E-state index contributed by atoms with van der Waals surface area (Å²) in [6.07, 6.45) is 14.6. The Balaban J connectivity index is 0.000000477. The van der Waals surface area contributed by atoms with Crippen LogP contribution < -0.4 is 5.73 Å². The summed E-state index contributed by atoms with van der Waals surface area (Å²) in [5.41, 5.74) is 10.0. The second-order valence-corrected chi connectivity index (χ2v) is 9.45. The standard InChI is InChI=1S/C20H33NO.C7H8.H2/c1-4-5-9-17(15-11-12-15)18(21)10-7-6-8-16-13-14-20(2,3)19(16)22;1-7-5-3-2-4-6-7;/h5,9,15-16H,4,6-8,10-14,21H2,1-3H3;2-6H,1H3;1H/b9-5-,18-17+;;. The van der Waals surface area contributed by atoms with Gasteiger partial charge < -0.3 is 5.73 Å². The van der Waals surface area contributed by atoms with Gasteiger partial charge >= 0.3 is 0 Å². The number of benzene rings is 1. The molecule has 0 bridgehead atoms. The third kappa shape index (κ3) is 7.84. The van der Waals surface area contributed by atoms with E-state index in [9.17, 15) is 4.79 Å². The highest BCUT2D eigenvalue weighted by atomic mass is 16.1. The fraction of sp³-hybridized carbons (Fsp3) is 0.593. The van der Waals surface area contributed by atoms with Crippen LogP contribution in [0.4, 0.5) is 0 Å². The summed E-state index contributed by atoms with van der Waals surface area (Å²) in [6.45, 7) is 8.44. The maximum Gasteiger partial charge on any atom is 0.141 e. The lowest BCUT2D eigenvalue weighted by Gasteiger charge is -2.15. The molecular weight excluding hydrogens is 354 g/mol. The minimum absolute atomic E-state index is 0. The molecule has 3 rings (SSSR count). The van der Waals surface area contributed by atoms with Gasteiger partial charge in [0.1, 0.15) is 5.78 Å². The number of rotatable bonds is 8. The fourth-order valence-corrected chi connectivity index (χ4v) is 4.15. The number of Topliss-reactive ketones (excluding diaryl/α,β-unsaturated/α-hetero) is 1. The normalized spacial score (nSPS) is 21.7. The van der Waals surface area contributed by atoms with E-state index in [1.165, 1.54) is 24.0 Å². The van der Waals surface area contributed by atoms with Crippen LogP contribution in [0, 0.1) is 24.2 Å². The summed E-state index contributed by atoms with van der Waals surface area (Å²) in [5.74, 6) is 1.52. The topological polar surface area (TPSA) is 43.1 Å². The molecule has 1 atom stereocenters. The first-order valence-corrected chi connectivity index (χ1v) is 11.6. The number of carbonyl (C=O) groups is 1. The van der Waals surface area contributed by atoms with E-state index in [0.717, 1.165) is 56.6 Å². The number of carbonyl (C=O) groups excluding carboxylic acids is 1. The van der Waals surface area contributed by atoms with E-state index in [2.05, 4.69) is 52.0 Å². The molecule has 2 aliphatic carbocycles. The van der Waals surface area contributed by atoms with Crippen molar-refractivity contribution < 1.29 is 6.22 Å². The molecule has 0 aromatic heterocycles. The number of hydrogen-bond acceptors (Lipinski definition) is 2. The lowest BCUT2D eigenvalue weighted by molar-refractivity contribution is -0.127. The van der Waals surface area contributed by atoms with Gasteiger partial charge in [0, 0.05) is 18.5 Å². The first kappa shape index (κ1) is 23.4. The highest BCUT2D eigenvalue weighted by Crippen LogP contribution is 2.40. The molecule has 0 aliphatic heterocycles. The molecule has 0 spiro atoms. The molecule has 1 aromatic rings. The predicted molar refractivity (Wildman–Crippen MR) is 127 cm³/mol. The van der Waals surface area contributed by atoms with Crippen LogP contribution in [0.15, 0.2) is 53.8 Å². The van der Waals surface area contributed by atoms with Crippen molar-refractivity contribution in [1.82, 2.24) is 0 Å². The molecule has 1 aromatic carbocycles. The van der Waals surface area contributed by atoms with E-state index < -0.39 is 0 Å². The van der Waals surface area contributed by atoms with Crippen molar-refractivity contribution in [2.24, 2.45) is 23.0 Å². The van der Waals surface area contributed by atoms with Crippen LogP contribution in [0.3, 0.4) is 0 Å². The zero-order chi connectivity index (χ0) is 21.3. The van der Waals surface area contributed by atoms with E-state index in [-0.39, 0.29) is 6.84 Å². The molecule has 2 N–H and O–H groups in total. The second-order valence-electron chi connectivity index (χ2n) is 9.45. The molecule has 2 heteroatoms. The third-order valence-corrected chi connectivity index (χ3v) is 6.27. The molecule has 2 aliphatic rings. The predicted octanol–water partition coefficient (Wildman–Crippen LogP) is 7.38. The van der Waals surface area contributed by atoms with Crippen molar-refractivity contribution in [3.05, 3.63) is 59.3 Å². The number of allylic oxidation sites excluding steroid dienone is 4. The monoisotopic (exact) mass is 397 g/mol. The van der Waals surface area contributed by atoms with Crippen molar-refractivity contribution in [3.8, 4) is 0 Å². The molecule has 2 nitrogen and oxygen atoms in total. The zero-order valence-electron chi connectivity index (χ0n) is 19.0. The van der Waals surface area contributed by atoms with E-state index in [1.54, 1.807) is 0 Å². The maximum absolute atomic E-state index is 12.2. The van der Waals surface area contributed by atoms with Crippen LogP contribution in [-0.2, 0) is 4.79 Å². The van der Waals surface area contributed by atoms with E-state index in [1.807, 2.05) is 18.2 Å². The summed E-state index contributed by atoms with van der Waals surface area (Å²) >= 11 is 0. The zero-order valence-corrected chi connectivity index (χ0v) is 19.0. The van der Waals surface area contributed by atoms with Crippen LogP contribution in [0.5, 0.6) is 0 Å². The lowest BCUT2D eigenvalue weighted by Crippen LogP contribution is -2.21. The molecule has 1 unspecified atom stereocenters. The van der Waals surface area contributed by atoms with Crippen LogP contribution in [-0.4, -0.2) is 5.78 Å². The maximum atomic E-state index is 12.2. The summed E-state index contributed by atoms with van der Waals surface area (Å²) in [7, 11) is 0. The van der Waals surface area contributed by atoms with Gasteiger partial charge in [-0.2, -0.15) is 0 Å². The minimum atomic E-state index is -0.0757. The van der Waals surface area contributed by atoms with E-state index >= 15 is 0 Å². The largest absolute Gasteiger partial charge is 0.402 e. The Morgan fingerprint density at radius 2 is 1.86 bits per heavy atom. The molecule has 29 heavy (non-hydrogen) atoms. The summed E-state index contributed by atoms with van der Waals surface area (Å²) in [4.78, 5) is 12.2. The Bertz CT molecular complexity index is 701. The molecule has 0 amide bonds. The van der Waals surface area contributed by atoms with Crippen molar-refractivity contribution >= 4 is 5.78 Å². The molecule has 0 heterocycles. The van der Waals surface area contributed by atoms with Crippen LogP contribution >= 0.6 is 0 Å². The average molecular weight is 398 g/mol. The number of ketones is 1. The van der Waals surface area contributed by atoms with Crippen LogP contribution in [0.25, 0.3) is 0 Å². The first-order valence-electron chi connectivity index (χ1n) is 11.6. The molecule has 162 valence electrons. The summed E-state index contributed by atoms with van der Waals surface area (Å²) in [6, 6.07) is 10.3. The number of nitrogens with two attached hydrogens (primary N) is 1. The van der Waals surface area contributed by atoms with Crippen molar-refractivity contribution in [1.29, 1.82) is 0 Å². The highest BCUT2D eigenvalue weighted by molar-refractivity contribution is 5.88. The Labute approximate surface area is 180 Å². The van der Waals surface area contributed by atoms with Gasteiger partial charge in [-0.05, 0) is 69.8 Å². The molecular formula is C27H43NO. The Hall–Kier alpha value is -1.83. The SMILES string of the molecule is CC/C=C\C(=C(/N)CCCCC1CCC(C)(C)C1=O)C1CC1.Cc1ccccc1.[HH]. The smallest absolute Gasteiger partial charge is 0.141 e. The molecule has 2 saturated carbocycles. The highest BCUT2D eigenvalue weighted by Gasteiger charge is 2.39. The average Bonchev–Trinajstić information content (AvgIpc) is 3.49. The quantitative estimate of drug-likeness (QED) is 0.367. The van der Waals surface area contributed by atoms with Crippen molar-refractivity contribution in [2.75, 3.05) is 0 Å². The fourth-order valence-electron chi connectivity index (χ4n) is 4.15. The van der Waals surface area contributed by atoms with Crippen LogP contribution in [0.1, 0.15) is 85.5 Å². The molecule has 0 radical (unpaired) electrons. The minimum Gasteiger partial charge on any atom is -0.402 e. The summed E-state index contributed by atoms with van der Waals surface area (Å²) in [5, 5.41) is 0. The van der Waals surface area contributed by atoms with E-state index in [0.29, 0.717) is 11.7 Å². The van der Waals surface area contributed by atoms with Gasteiger partial charge in [0.05, 0.1) is 0 Å². The first-order chi connectivity index (χ1) is 13.8. The Morgan fingerprint density at radius 3 is 2.34 bits per heavy atom. The number of hydrogen-bond donors (Lipinski definition) is 1. The van der Waals surface area contributed by atoms with Gasteiger partial charge in [-0.25, -0.2) is 0 Å². The van der Waals surface area contributed by atoms with Crippen molar-refractivity contribution in [2.45, 2.75) is 85.5 Å².